The van der Waals surface area contributed by atoms with Crippen molar-refractivity contribution in [3.8, 4) is 5.75 Å². The summed E-state index contributed by atoms with van der Waals surface area (Å²) in [6.07, 6.45) is 1.78. The van der Waals surface area contributed by atoms with Gasteiger partial charge in [-0.15, -0.1) is 0 Å². The molecule has 1 saturated heterocycles. The topological polar surface area (TPSA) is 82.1 Å². The van der Waals surface area contributed by atoms with E-state index in [0.717, 1.165) is 24.0 Å². The second kappa shape index (κ2) is 11.2. The summed E-state index contributed by atoms with van der Waals surface area (Å²) < 4.78 is 45.3. The molecule has 34 heavy (non-hydrogen) atoms. The summed E-state index contributed by atoms with van der Waals surface area (Å²) in [5.74, 6) is 0.103. The number of anilines is 1. The van der Waals surface area contributed by atoms with E-state index in [2.05, 4.69) is 0 Å². The maximum absolute atomic E-state index is 13.8. The van der Waals surface area contributed by atoms with Crippen molar-refractivity contribution in [2.45, 2.75) is 45.4 Å². The highest BCUT2D eigenvalue weighted by atomic mass is 32.2. The van der Waals surface area contributed by atoms with Gasteiger partial charge in [-0.1, -0.05) is 31.5 Å². The number of carbonyl (C=O) groups excluding carboxylic acids is 1. The number of ether oxygens (including phenoxy) is 3. The lowest BCUT2D eigenvalue weighted by molar-refractivity contribution is 0.0483. The number of hydrogen-bond donors (Lipinski definition) is 0. The number of nitrogens with zero attached hydrogens (tertiary/aromatic N) is 1. The van der Waals surface area contributed by atoms with Crippen LogP contribution in [0.5, 0.6) is 5.75 Å². The van der Waals surface area contributed by atoms with E-state index in [1.54, 1.807) is 6.07 Å². The molecule has 0 aromatic heterocycles. The molecule has 0 N–H and O–H groups in total. The zero-order valence-corrected chi connectivity index (χ0v) is 21.5. The van der Waals surface area contributed by atoms with Gasteiger partial charge < -0.3 is 14.2 Å². The Bertz CT molecular complexity index is 1110. The first kappa shape index (κ1) is 26.0. The molecule has 1 aliphatic rings. The Hall–Kier alpha value is -2.58. The summed E-state index contributed by atoms with van der Waals surface area (Å²) in [6.45, 7) is 9.94. The number of carbonyl (C=O) groups is 1. The molecular formula is C26H35NO6S. The van der Waals surface area contributed by atoms with E-state index in [0.29, 0.717) is 43.7 Å². The molecule has 7 nitrogen and oxygen atoms in total. The number of methoxy groups -OCH3 is 1. The second-order valence-corrected chi connectivity index (χ2v) is 11.1. The number of hydrogen-bond acceptors (Lipinski definition) is 6. The van der Waals surface area contributed by atoms with Crippen molar-refractivity contribution >= 4 is 21.7 Å². The predicted octanol–water partition coefficient (Wildman–Crippen LogP) is 4.75. The first-order valence-electron chi connectivity index (χ1n) is 11.7. The molecule has 1 fully saturated rings. The Morgan fingerprint density at radius 3 is 2.44 bits per heavy atom. The fourth-order valence-electron chi connectivity index (χ4n) is 4.06. The summed E-state index contributed by atoms with van der Waals surface area (Å²) in [7, 11) is -2.68. The zero-order chi connectivity index (χ0) is 24.9. The molecule has 0 atom stereocenters. The van der Waals surface area contributed by atoms with Crippen molar-refractivity contribution in [3.63, 3.8) is 0 Å². The monoisotopic (exact) mass is 489 g/mol. The van der Waals surface area contributed by atoms with Gasteiger partial charge in [-0.2, -0.15) is 0 Å². The minimum atomic E-state index is -3.95. The van der Waals surface area contributed by atoms with E-state index in [1.807, 2.05) is 45.9 Å². The molecule has 0 bridgehead atoms. The predicted molar refractivity (Wildman–Crippen MR) is 132 cm³/mol. The maximum Gasteiger partial charge on any atom is 0.341 e. The van der Waals surface area contributed by atoms with Gasteiger partial charge >= 0.3 is 5.97 Å². The summed E-state index contributed by atoms with van der Waals surface area (Å²) in [4.78, 5) is 12.6. The van der Waals surface area contributed by atoms with Gasteiger partial charge in [0.15, 0.2) is 0 Å². The van der Waals surface area contributed by atoms with E-state index in [-0.39, 0.29) is 16.4 Å². The van der Waals surface area contributed by atoms with Crippen LogP contribution in [0, 0.1) is 25.7 Å². The smallest absolute Gasteiger partial charge is 0.341 e. The van der Waals surface area contributed by atoms with Crippen LogP contribution in [0.2, 0.25) is 0 Å². The van der Waals surface area contributed by atoms with Gasteiger partial charge in [0, 0.05) is 19.8 Å². The fourth-order valence-corrected chi connectivity index (χ4v) is 5.78. The Kier molecular flexibility index (Phi) is 8.60. The Morgan fingerprint density at radius 1 is 1.12 bits per heavy atom. The van der Waals surface area contributed by atoms with Crippen molar-refractivity contribution in [1.82, 2.24) is 0 Å². The van der Waals surface area contributed by atoms with Crippen molar-refractivity contribution < 1.29 is 27.4 Å². The number of aryl methyl sites for hydroxylation is 2. The Labute approximate surface area is 203 Å². The van der Waals surface area contributed by atoms with Gasteiger partial charge in [0.2, 0.25) is 0 Å². The van der Waals surface area contributed by atoms with Crippen molar-refractivity contribution in [1.29, 1.82) is 0 Å². The molecular weight excluding hydrogens is 454 g/mol. The lowest BCUT2D eigenvalue weighted by Gasteiger charge is -2.28. The van der Waals surface area contributed by atoms with E-state index in [4.69, 9.17) is 14.2 Å². The van der Waals surface area contributed by atoms with Gasteiger partial charge in [-0.3, -0.25) is 4.31 Å². The molecule has 2 aromatic carbocycles. The number of benzene rings is 2. The minimum Gasteiger partial charge on any atom is -0.492 e. The highest BCUT2D eigenvalue weighted by molar-refractivity contribution is 7.92. The molecule has 0 spiro atoms. The Morgan fingerprint density at radius 2 is 1.82 bits per heavy atom. The van der Waals surface area contributed by atoms with Gasteiger partial charge in [0.05, 0.1) is 24.3 Å². The molecule has 1 heterocycles. The number of esters is 1. The molecule has 0 radical (unpaired) electrons. The zero-order valence-electron chi connectivity index (χ0n) is 20.7. The van der Waals surface area contributed by atoms with Crippen molar-refractivity contribution in [3.05, 3.63) is 53.1 Å². The van der Waals surface area contributed by atoms with Crippen LogP contribution < -0.4 is 9.04 Å². The van der Waals surface area contributed by atoms with Gasteiger partial charge in [-0.25, -0.2) is 13.2 Å². The molecule has 3 rings (SSSR count). The molecule has 1 aliphatic heterocycles. The summed E-state index contributed by atoms with van der Waals surface area (Å²) >= 11 is 0. The van der Waals surface area contributed by atoms with E-state index < -0.39 is 16.0 Å². The van der Waals surface area contributed by atoms with Gasteiger partial charge in [0.25, 0.3) is 10.0 Å². The number of rotatable bonds is 9. The molecule has 0 unspecified atom stereocenters. The minimum absolute atomic E-state index is 0.0203. The third-order valence-electron chi connectivity index (χ3n) is 5.91. The van der Waals surface area contributed by atoms with Crippen LogP contribution in [0.15, 0.2) is 41.3 Å². The second-order valence-electron chi connectivity index (χ2n) is 9.24. The highest BCUT2D eigenvalue weighted by Gasteiger charge is 2.29. The average molecular weight is 490 g/mol. The lowest BCUT2D eigenvalue weighted by atomic mass is 10.0. The third kappa shape index (κ3) is 6.10. The normalized spacial score (nSPS) is 14.8. The molecule has 0 amide bonds. The standard InChI is InChI=1S/C26H35NO6S/c1-18(2)16-27(24-8-6-19(3)14-20(24)4)34(29,30)22-7-9-25(23(15-22)26(28)31-5)33-17-21-10-12-32-13-11-21/h6-9,14-15,18,21H,10-13,16-17H2,1-5H3. The van der Waals surface area contributed by atoms with Crippen LogP contribution in [-0.4, -0.2) is 47.9 Å². The van der Waals surface area contributed by atoms with Crippen LogP contribution in [0.25, 0.3) is 0 Å². The van der Waals surface area contributed by atoms with Crippen LogP contribution in [0.1, 0.15) is 48.2 Å². The van der Waals surface area contributed by atoms with E-state index in [1.165, 1.54) is 23.5 Å². The highest BCUT2D eigenvalue weighted by Crippen LogP contribution is 2.31. The largest absolute Gasteiger partial charge is 0.492 e. The fraction of sp³-hybridized carbons (Fsp3) is 0.500. The van der Waals surface area contributed by atoms with E-state index >= 15 is 0 Å². The summed E-state index contributed by atoms with van der Waals surface area (Å²) in [5.41, 5.74) is 2.65. The first-order chi connectivity index (χ1) is 16.1. The van der Waals surface area contributed by atoms with Crippen LogP contribution >= 0.6 is 0 Å². The number of sulfonamides is 1. The molecule has 2 aromatic rings. The molecule has 0 saturated carbocycles. The first-order valence-corrected chi connectivity index (χ1v) is 13.1. The van der Waals surface area contributed by atoms with Crippen molar-refractivity contribution in [2.75, 3.05) is 37.8 Å². The van der Waals surface area contributed by atoms with Crippen LogP contribution in [0.4, 0.5) is 5.69 Å². The lowest BCUT2D eigenvalue weighted by Crippen LogP contribution is -2.35. The SMILES string of the molecule is COC(=O)c1cc(S(=O)(=O)N(CC(C)C)c2ccc(C)cc2C)ccc1OCC1CCOCC1. The third-order valence-corrected chi connectivity index (χ3v) is 7.69. The summed E-state index contributed by atoms with van der Waals surface area (Å²) in [5, 5.41) is 0. The van der Waals surface area contributed by atoms with E-state index in [9.17, 15) is 13.2 Å². The average Bonchev–Trinajstić information content (AvgIpc) is 2.81. The molecule has 186 valence electrons. The van der Waals surface area contributed by atoms with Crippen LogP contribution in [0.3, 0.4) is 0 Å². The maximum atomic E-state index is 13.8. The van der Waals surface area contributed by atoms with Gasteiger partial charge in [-0.05, 0) is 68.4 Å². The van der Waals surface area contributed by atoms with Crippen LogP contribution in [-0.2, 0) is 19.5 Å². The van der Waals surface area contributed by atoms with Crippen molar-refractivity contribution in [2.24, 2.45) is 11.8 Å². The molecule has 0 aliphatic carbocycles. The summed E-state index contributed by atoms with van der Waals surface area (Å²) in [6, 6.07) is 10.1. The van der Waals surface area contributed by atoms with Gasteiger partial charge in [0.1, 0.15) is 11.3 Å². The molecule has 8 heteroatoms. The quantitative estimate of drug-likeness (QED) is 0.473. The Balaban J connectivity index is 1.98.